The van der Waals surface area contributed by atoms with E-state index in [1.807, 2.05) is 11.6 Å². The largest absolute Gasteiger partial charge is 0.330 e. The summed E-state index contributed by atoms with van der Waals surface area (Å²) in [4.78, 5) is 4.21. The lowest BCUT2D eigenvalue weighted by Gasteiger charge is -2.18. The maximum absolute atomic E-state index is 5.68. The molecule has 0 aliphatic rings. The van der Waals surface area contributed by atoms with Gasteiger partial charge in [-0.2, -0.15) is 0 Å². The number of aromatic nitrogens is 1. The van der Waals surface area contributed by atoms with E-state index >= 15 is 0 Å². The fourth-order valence-electron chi connectivity index (χ4n) is 1.30. The highest BCUT2D eigenvalue weighted by Crippen LogP contribution is 2.08. The van der Waals surface area contributed by atoms with Crippen LogP contribution in [0.2, 0.25) is 0 Å². The summed E-state index contributed by atoms with van der Waals surface area (Å²) in [5, 5.41) is 6.53. The standard InChI is InChI=1S/C10H19N3S/c1-8(2)9(5-11)6-12-7-10-13-3-4-14-10/h3-4,8-9,12H,5-7,11H2,1-2H3. The highest BCUT2D eigenvalue weighted by molar-refractivity contribution is 7.09. The summed E-state index contributed by atoms with van der Waals surface area (Å²) in [6, 6.07) is 0. The van der Waals surface area contributed by atoms with Gasteiger partial charge in [-0.1, -0.05) is 13.8 Å². The van der Waals surface area contributed by atoms with Crippen molar-refractivity contribution in [3.8, 4) is 0 Å². The van der Waals surface area contributed by atoms with Gasteiger partial charge in [0.2, 0.25) is 0 Å². The zero-order chi connectivity index (χ0) is 10.4. The molecular formula is C10H19N3S. The van der Waals surface area contributed by atoms with Crippen LogP contribution in [0.1, 0.15) is 18.9 Å². The molecule has 0 aliphatic carbocycles. The lowest BCUT2D eigenvalue weighted by molar-refractivity contribution is 0.370. The van der Waals surface area contributed by atoms with E-state index in [2.05, 4.69) is 24.1 Å². The van der Waals surface area contributed by atoms with E-state index in [0.29, 0.717) is 11.8 Å². The van der Waals surface area contributed by atoms with Gasteiger partial charge >= 0.3 is 0 Å². The summed E-state index contributed by atoms with van der Waals surface area (Å²) in [6.45, 7) is 7.02. The molecule has 1 heterocycles. The maximum atomic E-state index is 5.68. The quantitative estimate of drug-likeness (QED) is 0.752. The zero-order valence-corrected chi connectivity index (χ0v) is 9.68. The molecule has 0 fully saturated rings. The Morgan fingerprint density at radius 1 is 1.57 bits per heavy atom. The SMILES string of the molecule is CC(C)C(CN)CNCc1nccs1. The molecule has 0 aromatic carbocycles. The Morgan fingerprint density at radius 3 is 2.86 bits per heavy atom. The Kier molecular flexibility index (Phi) is 5.07. The van der Waals surface area contributed by atoms with Crippen LogP contribution in [0.5, 0.6) is 0 Å². The Labute approximate surface area is 89.7 Å². The monoisotopic (exact) mass is 213 g/mol. The fraction of sp³-hybridized carbons (Fsp3) is 0.700. The Balaban J connectivity index is 2.20. The molecule has 80 valence electrons. The first kappa shape index (κ1) is 11.6. The molecule has 1 atom stereocenters. The van der Waals surface area contributed by atoms with Crippen LogP contribution in [-0.4, -0.2) is 18.1 Å². The minimum Gasteiger partial charge on any atom is -0.330 e. The van der Waals surface area contributed by atoms with Gasteiger partial charge in [0.1, 0.15) is 5.01 Å². The third-order valence-corrected chi connectivity index (χ3v) is 3.19. The van der Waals surface area contributed by atoms with Crippen LogP contribution in [0, 0.1) is 11.8 Å². The van der Waals surface area contributed by atoms with E-state index in [4.69, 9.17) is 5.73 Å². The van der Waals surface area contributed by atoms with Gasteiger partial charge in [0.25, 0.3) is 0 Å². The van der Waals surface area contributed by atoms with Crippen molar-refractivity contribution in [2.24, 2.45) is 17.6 Å². The number of rotatable bonds is 6. The van der Waals surface area contributed by atoms with Gasteiger partial charge in [-0.15, -0.1) is 11.3 Å². The predicted octanol–water partition coefficient (Wildman–Crippen LogP) is 1.46. The van der Waals surface area contributed by atoms with Crippen molar-refractivity contribution in [2.75, 3.05) is 13.1 Å². The van der Waals surface area contributed by atoms with E-state index < -0.39 is 0 Å². The van der Waals surface area contributed by atoms with Crippen LogP contribution in [-0.2, 0) is 6.54 Å². The van der Waals surface area contributed by atoms with E-state index in [9.17, 15) is 0 Å². The number of hydrogen-bond acceptors (Lipinski definition) is 4. The number of nitrogens with two attached hydrogens (primary N) is 1. The Hall–Kier alpha value is -0.450. The Bertz CT molecular complexity index is 234. The Morgan fingerprint density at radius 2 is 2.36 bits per heavy atom. The van der Waals surface area contributed by atoms with Crippen LogP contribution in [0.15, 0.2) is 11.6 Å². The summed E-state index contributed by atoms with van der Waals surface area (Å²) >= 11 is 1.69. The van der Waals surface area contributed by atoms with Gasteiger partial charge in [0.05, 0.1) is 0 Å². The summed E-state index contributed by atoms with van der Waals surface area (Å²) in [6.07, 6.45) is 1.84. The van der Waals surface area contributed by atoms with Crippen LogP contribution in [0.3, 0.4) is 0 Å². The molecule has 1 aromatic heterocycles. The molecule has 0 spiro atoms. The van der Waals surface area contributed by atoms with Crippen molar-refractivity contribution in [3.63, 3.8) is 0 Å². The number of nitrogens with one attached hydrogen (secondary N) is 1. The van der Waals surface area contributed by atoms with Crippen LogP contribution in [0.25, 0.3) is 0 Å². The molecule has 0 aliphatic heterocycles. The van der Waals surface area contributed by atoms with Gasteiger partial charge in [0.15, 0.2) is 0 Å². The van der Waals surface area contributed by atoms with Crippen molar-refractivity contribution in [2.45, 2.75) is 20.4 Å². The fourth-order valence-corrected chi connectivity index (χ4v) is 1.88. The second-order valence-electron chi connectivity index (χ2n) is 3.80. The smallest absolute Gasteiger partial charge is 0.106 e. The van der Waals surface area contributed by atoms with E-state index in [0.717, 1.165) is 24.6 Å². The van der Waals surface area contributed by atoms with Crippen molar-refractivity contribution in [1.82, 2.24) is 10.3 Å². The lowest BCUT2D eigenvalue weighted by Crippen LogP contribution is -2.31. The molecule has 0 saturated carbocycles. The molecule has 14 heavy (non-hydrogen) atoms. The molecule has 1 aromatic rings. The molecule has 0 saturated heterocycles. The molecule has 0 bridgehead atoms. The molecule has 1 unspecified atom stereocenters. The van der Waals surface area contributed by atoms with Crippen molar-refractivity contribution in [3.05, 3.63) is 16.6 Å². The molecule has 3 N–H and O–H groups in total. The second-order valence-corrected chi connectivity index (χ2v) is 4.78. The normalized spacial score (nSPS) is 13.4. The van der Waals surface area contributed by atoms with E-state index in [-0.39, 0.29) is 0 Å². The van der Waals surface area contributed by atoms with Crippen LogP contribution >= 0.6 is 11.3 Å². The average Bonchev–Trinajstić information content (AvgIpc) is 2.64. The summed E-state index contributed by atoms with van der Waals surface area (Å²) < 4.78 is 0. The van der Waals surface area contributed by atoms with Gasteiger partial charge in [0, 0.05) is 18.1 Å². The highest BCUT2D eigenvalue weighted by atomic mass is 32.1. The summed E-state index contributed by atoms with van der Waals surface area (Å²) in [5.74, 6) is 1.21. The number of thiazole rings is 1. The van der Waals surface area contributed by atoms with Crippen LogP contribution < -0.4 is 11.1 Å². The minimum absolute atomic E-state index is 0.565. The first-order valence-electron chi connectivity index (χ1n) is 5.03. The van der Waals surface area contributed by atoms with Crippen LogP contribution in [0.4, 0.5) is 0 Å². The van der Waals surface area contributed by atoms with Crippen molar-refractivity contribution < 1.29 is 0 Å². The number of nitrogens with zero attached hydrogens (tertiary/aromatic N) is 1. The van der Waals surface area contributed by atoms with Crippen molar-refractivity contribution in [1.29, 1.82) is 0 Å². The average molecular weight is 213 g/mol. The first-order valence-corrected chi connectivity index (χ1v) is 5.91. The summed E-state index contributed by atoms with van der Waals surface area (Å²) in [7, 11) is 0. The number of hydrogen-bond donors (Lipinski definition) is 2. The van der Waals surface area contributed by atoms with Gasteiger partial charge < -0.3 is 11.1 Å². The molecule has 4 heteroatoms. The van der Waals surface area contributed by atoms with E-state index in [1.165, 1.54) is 0 Å². The molecule has 0 amide bonds. The summed E-state index contributed by atoms with van der Waals surface area (Å²) in [5.41, 5.74) is 5.68. The third-order valence-electron chi connectivity index (χ3n) is 2.41. The maximum Gasteiger partial charge on any atom is 0.106 e. The van der Waals surface area contributed by atoms with Gasteiger partial charge in [-0.05, 0) is 24.9 Å². The molecule has 3 nitrogen and oxygen atoms in total. The van der Waals surface area contributed by atoms with Gasteiger partial charge in [-0.25, -0.2) is 4.98 Å². The third kappa shape index (κ3) is 3.74. The predicted molar refractivity (Wildman–Crippen MR) is 61.2 cm³/mol. The first-order chi connectivity index (χ1) is 6.74. The van der Waals surface area contributed by atoms with Gasteiger partial charge in [-0.3, -0.25) is 0 Å². The highest BCUT2D eigenvalue weighted by Gasteiger charge is 2.10. The minimum atomic E-state index is 0.565. The zero-order valence-electron chi connectivity index (χ0n) is 8.86. The molecule has 1 rings (SSSR count). The van der Waals surface area contributed by atoms with Crippen molar-refractivity contribution >= 4 is 11.3 Å². The van der Waals surface area contributed by atoms with E-state index in [1.54, 1.807) is 11.3 Å². The molecular weight excluding hydrogens is 194 g/mol. The second kappa shape index (κ2) is 6.11. The topological polar surface area (TPSA) is 50.9 Å². The molecule has 0 radical (unpaired) electrons. The lowest BCUT2D eigenvalue weighted by atomic mass is 9.96.